The summed E-state index contributed by atoms with van der Waals surface area (Å²) < 4.78 is 5.45. The molecule has 1 fully saturated rings. The van der Waals surface area contributed by atoms with Gasteiger partial charge in [0, 0.05) is 17.9 Å². The number of carbonyl (C=O) groups is 1. The Morgan fingerprint density at radius 3 is 2.44 bits per heavy atom. The maximum atomic E-state index is 12.1. The maximum Gasteiger partial charge on any atom is 2.00 e. The van der Waals surface area contributed by atoms with E-state index in [2.05, 4.69) is 29.1 Å². The molecule has 0 aromatic heterocycles. The molecule has 0 radical (unpaired) electrons. The number of thioether (sulfide) groups is 1. The topological polar surface area (TPSA) is 65.9 Å². The third kappa shape index (κ3) is 5.94. The average Bonchev–Trinajstić information content (AvgIpc) is 3.02. The summed E-state index contributed by atoms with van der Waals surface area (Å²) in [6.45, 7) is 2.73. The van der Waals surface area contributed by atoms with Crippen LogP contribution < -0.4 is 24.8 Å². The van der Waals surface area contributed by atoms with Gasteiger partial charge >= 0.3 is 25.2 Å². The zero-order chi connectivity index (χ0) is 17.1. The van der Waals surface area contributed by atoms with Crippen LogP contribution in [-0.4, -0.2) is 41.0 Å². The molecule has 1 aliphatic heterocycles. The van der Waals surface area contributed by atoms with E-state index in [0.29, 0.717) is 24.4 Å². The summed E-state index contributed by atoms with van der Waals surface area (Å²) in [5, 5.41) is 0. The number of likely N-dealkylation sites (tertiary alicyclic amines) is 1. The third-order valence-corrected chi connectivity index (χ3v) is 5.23. The largest absolute Gasteiger partial charge is 2.00 e. The minimum Gasteiger partial charge on any atom is -1.00 e. The number of hydrogen-bond donors (Lipinski definition) is 0. The second-order valence-corrected chi connectivity index (χ2v) is 6.93. The number of rotatable bonds is 4. The van der Waals surface area contributed by atoms with Crippen molar-refractivity contribution in [3.05, 3.63) is 58.2 Å². The third-order valence-electron chi connectivity index (χ3n) is 4.16. The van der Waals surface area contributed by atoms with E-state index in [4.69, 9.17) is 4.74 Å². The van der Waals surface area contributed by atoms with Crippen molar-refractivity contribution < 1.29 is 58.6 Å². The van der Waals surface area contributed by atoms with Gasteiger partial charge in [0.25, 0.3) is 0 Å². The maximum absolute atomic E-state index is 12.1. The number of hydrogen-bond acceptors (Lipinski definition) is 3. The van der Waals surface area contributed by atoms with Gasteiger partial charge in [-0.15, -0.1) is 0 Å². The van der Waals surface area contributed by atoms with Gasteiger partial charge in [-0.05, 0) is 31.6 Å². The monoisotopic (exact) mass is 475 g/mol. The summed E-state index contributed by atoms with van der Waals surface area (Å²) >= 11 is 1.58. The molecule has 0 N–H and O–H groups in total. The predicted molar refractivity (Wildman–Crippen MR) is 93.6 cm³/mol. The van der Waals surface area contributed by atoms with Crippen molar-refractivity contribution in [3.63, 3.8) is 0 Å². The SMILES string of the molecule is COC1=CC(=[N+]=[N-])C(N2CCCC2=O)C=C1Sc1ccc(C)cc1.[Cl-].[Cl-].[Zn+2]. The molecule has 5 nitrogen and oxygen atoms in total. The van der Waals surface area contributed by atoms with E-state index in [1.165, 1.54) is 5.56 Å². The van der Waals surface area contributed by atoms with Crippen LogP contribution in [0, 0.1) is 6.92 Å². The van der Waals surface area contributed by atoms with Gasteiger partial charge in [-0.2, -0.15) is 4.79 Å². The smallest absolute Gasteiger partial charge is 1.00 e. The van der Waals surface area contributed by atoms with Crippen LogP contribution >= 0.6 is 11.8 Å². The number of amides is 1. The summed E-state index contributed by atoms with van der Waals surface area (Å²) in [4.78, 5) is 19.2. The van der Waals surface area contributed by atoms with E-state index in [1.54, 1.807) is 29.8 Å². The van der Waals surface area contributed by atoms with Crippen LogP contribution in [0.2, 0.25) is 0 Å². The Balaban J connectivity index is 0.00000225. The first kappa shape index (κ1) is 25.9. The summed E-state index contributed by atoms with van der Waals surface area (Å²) in [6.07, 6.45) is 5.03. The molecule has 1 amide bonds. The van der Waals surface area contributed by atoms with Crippen LogP contribution in [0.1, 0.15) is 18.4 Å². The molecule has 1 aliphatic carbocycles. The van der Waals surface area contributed by atoms with Gasteiger partial charge in [0.15, 0.2) is 6.04 Å². The Morgan fingerprint density at radius 2 is 1.93 bits per heavy atom. The molecular weight excluding hydrogens is 459 g/mol. The molecule has 1 heterocycles. The average molecular weight is 478 g/mol. The Hall–Kier alpha value is -1.10. The summed E-state index contributed by atoms with van der Waals surface area (Å²) in [5.41, 5.74) is 11.0. The molecular formula is C18H19Cl2N3O2SZn. The normalized spacial score (nSPS) is 18.3. The predicted octanol–water partition coefficient (Wildman–Crippen LogP) is -2.82. The number of methoxy groups -OCH3 is 1. The number of halogens is 2. The fraction of sp³-hybridized carbons (Fsp3) is 0.333. The minimum absolute atomic E-state index is 0. The second kappa shape index (κ2) is 11.7. The van der Waals surface area contributed by atoms with E-state index < -0.39 is 0 Å². The standard InChI is InChI=1S/C18H19N3O2S.2ClH.Zn/c1-12-5-7-13(8-6-12)24-17-11-15(21-9-3-4-18(21)22)14(20-19)10-16(17)23-2;;;/h5-8,10-11,15H,3-4,9H2,1-2H3;2*1H;/q;;;+2/p-2. The van der Waals surface area contributed by atoms with Crippen LogP contribution in [0.3, 0.4) is 0 Å². The molecule has 1 aromatic rings. The Bertz CT molecular complexity index is 777. The summed E-state index contributed by atoms with van der Waals surface area (Å²) in [5.74, 6) is 0.725. The van der Waals surface area contributed by atoms with E-state index in [1.807, 2.05) is 13.0 Å². The molecule has 0 bridgehead atoms. The Morgan fingerprint density at radius 1 is 1.26 bits per heavy atom. The molecule has 2 aliphatic rings. The number of benzene rings is 1. The summed E-state index contributed by atoms with van der Waals surface area (Å²) in [6, 6.07) is 7.88. The minimum atomic E-state index is -0.350. The van der Waals surface area contributed by atoms with Gasteiger partial charge < -0.3 is 40.0 Å². The number of ether oxygens (including phenoxy) is 1. The molecule has 0 spiro atoms. The molecule has 1 aromatic carbocycles. The number of carbonyl (C=O) groups excluding carboxylic acids is 1. The molecule has 1 atom stereocenters. The van der Waals surface area contributed by atoms with Gasteiger partial charge in [-0.3, -0.25) is 4.79 Å². The van der Waals surface area contributed by atoms with Crippen molar-refractivity contribution in [2.24, 2.45) is 0 Å². The summed E-state index contributed by atoms with van der Waals surface area (Å²) in [7, 11) is 1.59. The number of aryl methyl sites for hydroxylation is 1. The first-order valence-corrected chi connectivity index (χ1v) is 8.68. The Labute approximate surface area is 188 Å². The molecule has 27 heavy (non-hydrogen) atoms. The van der Waals surface area contributed by atoms with Gasteiger partial charge in [0.2, 0.25) is 5.91 Å². The van der Waals surface area contributed by atoms with E-state index in [9.17, 15) is 10.3 Å². The van der Waals surface area contributed by atoms with Crippen LogP contribution in [0.5, 0.6) is 0 Å². The molecule has 1 saturated heterocycles. The first-order chi connectivity index (χ1) is 11.6. The quantitative estimate of drug-likeness (QED) is 0.267. The van der Waals surface area contributed by atoms with Crippen LogP contribution in [0.15, 0.2) is 52.0 Å². The first-order valence-electron chi connectivity index (χ1n) is 7.86. The fourth-order valence-electron chi connectivity index (χ4n) is 2.88. The second-order valence-electron chi connectivity index (χ2n) is 5.82. The van der Waals surface area contributed by atoms with Crippen molar-refractivity contribution in [2.75, 3.05) is 13.7 Å². The van der Waals surface area contributed by atoms with Gasteiger partial charge in [-0.1, -0.05) is 29.5 Å². The molecule has 0 saturated carbocycles. The zero-order valence-corrected chi connectivity index (χ0v) is 20.5. The van der Waals surface area contributed by atoms with Gasteiger partial charge in [0.1, 0.15) is 5.76 Å². The Kier molecular flexibility index (Phi) is 11.2. The molecule has 9 heteroatoms. The van der Waals surface area contributed by atoms with Crippen molar-refractivity contribution in [2.45, 2.75) is 30.7 Å². The van der Waals surface area contributed by atoms with E-state index in [0.717, 1.165) is 16.2 Å². The van der Waals surface area contributed by atoms with Crippen molar-refractivity contribution in [3.8, 4) is 0 Å². The van der Waals surface area contributed by atoms with Gasteiger partial charge in [0.05, 0.1) is 18.1 Å². The van der Waals surface area contributed by atoms with Crippen molar-refractivity contribution in [1.29, 1.82) is 0 Å². The molecule has 140 valence electrons. The van der Waals surface area contributed by atoms with Crippen molar-refractivity contribution in [1.82, 2.24) is 4.90 Å². The fourth-order valence-corrected chi connectivity index (χ4v) is 3.85. The van der Waals surface area contributed by atoms with E-state index >= 15 is 0 Å². The van der Waals surface area contributed by atoms with Crippen molar-refractivity contribution >= 4 is 23.4 Å². The van der Waals surface area contributed by atoms with Crippen LogP contribution in [-0.2, 0) is 29.0 Å². The number of nitrogens with zero attached hydrogens (tertiary/aromatic N) is 3. The zero-order valence-electron chi connectivity index (χ0n) is 15.2. The van der Waals surface area contributed by atoms with Crippen LogP contribution in [0.25, 0.3) is 5.53 Å². The van der Waals surface area contributed by atoms with Gasteiger partial charge in [-0.25, -0.2) is 0 Å². The van der Waals surface area contributed by atoms with Crippen LogP contribution in [0.4, 0.5) is 0 Å². The molecule has 3 rings (SSSR count). The van der Waals surface area contributed by atoms with E-state index in [-0.39, 0.29) is 56.2 Å². The molecule has 1 unspecified atom stereocenters.